The number of aromatic amines is 1. The van der Waals surface area contributed by atoms with Gasteiger partial charge in [0.05, 0.1) is 12.3 Å². The number of H-pyrrole nitrogens is 1. The van der Waals surface area contributed by atoms with Gasteiger partial charge in [-0.1, -0.05) is 12.1 Å². The smallest absolute Gasteiger partial charge is 0.122 e. The van der Waals surface area contributed by atoms with Crippen LogP contribution in [0, 0.1) is 27.7 Å². The number of halogens is 1. The molecule has 0 radical (unpaired) electrons. The molecule has 0 bridgehead atoms. The van der Waals surface area contributed by atoms with Crippen molar-refractivity contribution in [2.24, 2.45) is 0 Å². The Morgan fingerprint density at radius 1 is 1.10 bits per heavy atom. The second-order valence-electron chi connectivity index (χ2n) is 5.49. The van der Waals surface area contributed by atoms with Gasteiger partial charge in [0.15, 0.2) is 0 Å². The van der Waals surface area contributed by atoms with Crippen LogP contribution in [0.25, 0.3) is 0 Å². The molecule has 0 aliphatic carbocycles. The summed E-state index contributed by atoms with van der Waals surface area (Å²) < 4.78 is 5.87. The van der Waals surface area contributed by atoms with Gasteiger partial charge >= 0.3 is 0 Å². The van der Waals surface area contributed by atoms with Crippen molar-refractivity contribution in [2.45, 2.75) is 47.0 Å². The molecule has 21 heavy (non-hydrogen) atoms. The molecule has 2 rings (SSSR count). The molecule has 0 amide bonds. The average Bonchev–Trinajstić information content (AvgIpc) is 2.73. The largest absolute Gasteiger partial charge is 0.493 e. The van der Waals surface area contributed by atoms with E-state index in [0.29, 0.717) is 0 Å². The molecule has 1 N–H and O–H groups in total. The molecule has 0 saturated carbocycles. The summed E-state index contributed by atoms with van der Waals surface area (Å²) in [6.07, 6.45) is 3.27. The third-order valence-electron chi connectivity index (χ3n) is 3.70. The molecule has 2 aromatic rings. The van der Waals surface area contributed by atoms with Gasteiger partial charge in [-0.15, -0.1) is 12.4 Å². The average molecular weight is 309 g/mol. The Balaban J connectivity index is 0.00000220. The van der Waals surface area contributed by atoms with Gasteiger partial charge in [0, 0.05) is 5.69 Å². The highest BCUT2D eigenvalue weighted by Gasteiger charge is 2.05. The van der Waals surface area contributed by atoms with E-state index in [1.165, 1.54) is 22.4 Å². The molecule has 0 fully saturated rings. The number of aromatic nitrogens is 2. The highest BCUT2D eigenvalue weighted by Crippen LogP contribution is 2.19. The van der Waals surface area contributed by atoms with Gasteiger partial charge in [-0.25, -0.2) is 0 Å². The minimum atomic E-state index is 0. The number of unbranched alkanes of at least 4 members (excludes halogenated alkanes) is 1. The van der Waals surface area contributed by atoms with E-state index in [0.717, 1.165) is 37.3 Å². The van der Waals surface area contributed by atoms with Crippen LogP contribution in [-0.2, 0) is 6.42 Å². The number of hydrogen-bond donors (Lipinski definition) is 1. The molecule has 0 spiro atoms. The second-order valence-corrected chi connectivity index (χ2v) is 5.49. The number of hydrogen-bond acceptors (Lipinski definition) is 2. The van der Waals surface area contributed by atoms with Gasteiger partial charge in [-0.05, 0) is 69.7 Å². The molecule has 4 heteroatoms. The van der Waals surface area contributed by atoms with E-state index in [-0.39, 0.29) is 12.4 Å². The zero-order valence-electron chi connectivity index (χ0n) is 13.3. The van der Waals surface area contributed by atoms with Crippen LogP contribution in [-0.4, -0.2) is 16.8 Å². The standard InChI is InChI=1S/C17H24N2O.ClH/c1-12-8-9-13(2)17(11-12)20-10-6-5-7-16-14(3)18-19-15(16)4;/h8-9,11H,5-7,10H2,1-4H3,(H,18,19);1H. The monoisotopic (exact) mass is 308 g/mol. The van der Waals surface area contributed by atoms with Crippen molar-refractivity contribution < 1.29 is 4.74 Å². The Kier molecular flexibility index (Phi) is 6.76. The Labute approximate surface area is 133 Å². The van der Waals surface area contributed by atoms with Crippen molar-refractivity contribution in [1.29, 1.82) is 0 Å². The first kappa shape index (κ1) is 17.6. The van der Waals surface area contributed by atoms with Crippen LogP contribution in [0.15, 0.2) is 18.2 Å². The van der Waals surface area contributed by atoms with E-state index >= 15 is 0 Å². The minimum Gasteiger partial charge on any atom is -0.493 e. The molecule has 116 valence electrons. The van der Waals surface area contributed by atoms with Crippen molar-refractivity contribution in [2.75, 3.05) is 6.61 Å². The molecule has 1 aromatic heterocycles. The van der Waals surface area contributed by atoms with E-state index in [2.05, 4.69) is 56.1 Å². The number of nitrogens with one attached hydrogen (secondary N) is 1. The number of nitrogens with zero attached hydrogens (tertiary/aromatic N) is 1. The van der Waals surface area contributed by atoms with E-state index in [1.807, 2.05) is 0 Å². The number of rotatable bonds is 6. The fourth-order valence-electron chi connectivity index (χ4n) is 2.39. The lowest BCUT2D eigenvalue weighted by Crippen LogP contribution is -2.00. The summed E-state index contributed by atoms with van der Waals surface area (Å²) in [5.74, 6) is 1.01. The van der Waals surface area contributed by atoms with Gasteiger partial charge in [-0.2, -0.15) is 5.10 Å². The van der Waals surface area contributed by atoms with Gasteiger partial charge in [-0.3, -0.25) is 5.10 Å². The molecule has 0 aliphatic rings. The maximum absolute atomic E-state index is 5.87. The Morgan fingerprint density at radius 3 is 2.52 bits per heavy atom. The molecule has 3 nitrogen and oxygen atoms in total. The molecular weight excluding hydrogens is 284 g/mol. The Bertz CT molecular complexity index is 559. The highest BCUT2D eigenvalue weighted by molar-refractivity contribution is 5.85. The molecule has 0 atom stereocenters. The van der Waals surface area contributed by atoms with Crippen LogP contribution >= 0.6 is 12.4 Å². The summed E-state index contributed by atoms with van der Waals surface area (Å²) >= 11 is 0. The Hall–Kier alpha value is -1.48. The van der Waals surface area contributed by atoms with Gasteiger partial charge in [0.25, 0.3) is 0 Å². The van der Waals surface area contributed by atoms with Crippen molar-refractivity contribution in [3.63, 3.8) is 0 Å². The number of aryl methyl sites for hydroxylation is 4. The minimum absolute atomic E-state index is 0. The number of ether oxygens (including phenoxy) is 1. The summed E-state index contributed by atoms with van der Waals surface area (Å²) in [5.41, 5.74) is 6.13. The first-order valence-corrected chi connectivity index (χ1v) is 7.28. The van der Waals surface area contributed by atoms with Crippen LogP contribution in [0.2, 0.25) is 0 Å². The summed E-state index contributed by atoms with van der Waals surface area (Å²) in [6, 6.07) is 6.34. The molecule has 1 heterocycles. The van der Waals surface area contributed by atoms with Crippen LogP contribution in [0.1, 0.15) is 40.9 Å². The third-order valence-corrected chi connectivity index (χ3v) is 3.70. The predicted molar refractivity (Wildman–Crippen MR) is 89.7 cm³/mol. The van der Waals surface area contributed by atoms with Crippen molar-refractivity contribution >= 4 is 12.4 Å². The summed E-state index contributed by atoms with van der Waals surface area (Å²) in [6.45, 7) is 9.11. The fraction of sp³-hybridized carbons (Fsp3) is 0.471. The van der Waals surface area contributed by atoms with Crippen LogP contribution in [0.3, 0.4) is 0 Å². The molecule has 0 unspecified atom stereocenters. The Morgan fingerprint density at radius 2 is 1.86 bits per heavy atom. The first-order chi connectivity index (χ1) is 9.58. The second kappa shape index (κ2) is 8.08. The first-order valence-electron chi connectivity index (χ1n) is 7.28. The molecule has 1 aromatic carbocycles. The van der Waals surface area contributed by atoms with E-state index in [1.54, 1.807) is 0 Å². The lowest BCUT2D eigenvalue weighted by molar-refractivity contribution is 0.305. The van der Waals surface area contributed by atoms with Crippen LogP contribution in [0.4, 0.5) is 0 Å². The number of benzene rings is 1. The van der Waals surface area contributed by atoms with Crippen LogP contribution in [0.5, 0.6) is 5.75 Å². The quantitative estimate of drug-likeness (QED) is 0.800. The van der Waals surface area contributed by atoms with Gasteiger partial charge in [0.1, 0.15) is 5.75 Å². The lowest BCUT2D eigenvalue weighted by atomic mass is 10.1. The van der Waals surface area contributed by atoms with E-state index in [4.69, 9.17) is 4.74 Å². The maximum atomic E-state index is 5.87. The normalized spacial score (nSPS) is 10.3. The molecule has 0 aliphatic heterocycles. The maximum Gasteiger partial charge on any atom is 0.122 e. The topological polar surface area (TPSA) is 37.9 Å². The third kappa shape index (κ3) is 4.78. The molecular formula is C17H25ClN2O. The zero-order valence-corrected chi connectivity index (χ0v) is 14.1. The van der Waals surface area contributed by atoms with Crippen molar-refractivity contribution in [1.82, 2.24) is 10.2 Å². The van der Waals surface area contributed by atoms with Gasteiger partial charge < -0.3 is 4.74 Å². The van der Waals surface area contributed by atoms with Gasteiger partial charge in [0.2, 0.25) is 0 Å². The molecule has 0 saturated heterocycles. The summed E-state index contributed by atoms with van der Waals surface area (Å²) in [7, 11) is 0. The SMILES string of the molecule is Cc1ccc(C)c(OCCCCc2c(C)n[nH]c2C)c1.Cl. The van der Waals surface area contributed by atoms with E-state index in [9.17, 15) is 0 Å². The zero-order chi connectivity index (χ0) is 14.5. The van der Waals surface area contributed by atoms with E-state index < -0.39 is 0 Å². The highest BCUT2D eigenvalue weighted by atomic mass is 35.5. The summed E-state index contributed by atoms with van der Waals surface area (Å²) in [4.78, 5) is 0. The lowest BCUT2D eigenvalue weighted by Gasteiger charge is -2.10. The van der Waals surface area contributed by atoms with Crippen molar-refractivity contribution in [3.05, 3.63) is 46.3 Å². The fourth-order valence-corrected chi connectivity index (χ4v) is 2.39. The van der Waals surface area contributed by atoms with Crippen LogP contribution < -0.4 is 4.74 Å². The summed E-state index contributed by atoms with van der Waals surface area (Å²) in [5, 5.41) is 7.26. The predicted octanol–water partition coefficient (Wildman–Crippen LogP) is 4.47. The van der Waals surface area contributed by atoms with Crippen molar-refractivity contribution in [3.8, 4) is 5.75 Å².